The molecule has 0 saturated carbocycles. The number of nitrogens with two attached hydrogens (primary N) is 1. The number of nitrogens with zero attached hydrogens (tertiary/aromatic N) is 2. The highest BCUT2D eigenvalue weighted by Crippen LogP contribution is 2.28. The summed E-state index contributed by atoms with van der Waals surface area (Å²) in [5.41, 5.74) is 8.27. The third-order valence-electron chi connectivity index (χ3n) is 3.38. The maximum Gasteiger partial charge on any atom is 0.410 e. The van der Waals surface area contributed by atoms with Crippen molar-refractivity contribution in [2.75, 3.05) is 18.8 Å². The van der Waals surface area contributed by atoms with Gasteiger partial charge in [-0.2, -0.15) is 0 Å². The van der Waals surface area contributed by atoms with Crippen molar-refractivity contribution in [1.82, 2.24) is 9.88 Å². The van der Waals surface area contributed by atoms with Crippen molar-refractivity contribution in [3.05, 3.63) is 23.5 Å². The molecule has 1 amide bonds. The van der Waals surface area contributed by atoms with E-state index in [0.717, 1.165) is 23.4 Å². The maximum absolute atomic E-state index is 11.9. The number of rotatable bonds is 2. The Labute approximate surface area is 132 Å². The number of amides is 1. The number of halogens is 1. The number of aromatic nitrogens is 1. The molecule has 0 bridgehead atoms. The molecule has 0 spiro atoms. The molecule has 2 rings (SSSR count). The molecule has 0 aliphatic carbocycles. The van der Waals surface area contributed by atoms with E-state index in [9.17, 15) is 4.79 Å². The quantitative estimate of drug-likeness (QED) is 0.911. The summed E-state index contributed by atoms with van der Waals surface area (Å²) in [5, 5.41) is 0. The minimum Gasteiger partial charge on any atom is -0.444 e. The lowest BCUT2D eigenvalue weighted by Crippen LogP contribution is -2.50. The first-order valence-electron chi connectivity index (χ1n) is 7.02. The van der Waals surface area contributed by atoms with Crippen molar-refractivity contribution in [3.8, 4) is 0 Å². The van der Waals surface area contributed by atoms with Crippen LogP contribution in [0.1, 0.15) is 44.9 Å². The fourth-order valence-electron chi connectivity index (χ4n) is 2.20. The first-order chi connectivity index (χ1) is 9.30. The zero-order valence-corrected chi connectivity index (χ0v) is 13.9. The molecule has 0 radical (unpaired) electrons. The first-order valence-corrected chi connectivity index (χ1v) is 7.02. The van der Waals surface area contributed by atoms with Gasteiger partial charge in [0.2, 0.25) is 0 Å². The molecule has 1 aliphatic heterocycles. The van der Waals surface area contributed by atoms with Crippen LogP contribution in [0.15, 0.2) is 12.3 Å². The molecular weight excluding hydrogens is 290 g/mol. The van der Waals surface area contributed by atoms with E-state index in [2.05, 4.69) is 11.9 Å². The van der Waals surface area contributed by atoms with Crippen LogP contribution < -0.4 is 5.73 Å². The third-order valence-corrected chi connectivity index (χ3v) is 3.38. The zero-order chi connectivity index (χ0) is 14.9. The number of anilines is 1. The highest BCUT2D eigenvalue weighted by molar-refractivity contribution is 5.85. The van der Waals surface area contributed by atoms with E-state index in [1.54, 1.807) is 11.1 Å². The van der Waals surface area contributed by atoms with Gasteiger partial charge in [-0.15, -0.1) is 12.4 Å². The predicted molar refractivity (Wildman–Crippen MR) is 85.8 cm³/mol. The van der Waals surface area contributed by atoms with E-state index in [4.69, 9.17) is 10.5 Å². The Balaban J connectivity index is 0.00000220. The second-order valence-electron chi connectivity index (χ2n) is 6.24. The summed E-state index contributed by atoms with van der Waals surface area (Å²) in [4.78, 5) is 17.9. The number of aryl methyl sites for hydroxylation is 1. The van der Waals surface area contributed by atoms with Crippen molar-refractivity contribution in [2.45, 2.75) is 45.6 Å². The van der Waals surface area contributed by atoms with Gasteiger partial charge in [-0.05, 0) is 38.8 Å². The van der Waals surface area contributed by atoms with Crippen LogP contribution in [0.2, 0.25) is 0 Å². The molecule has 0 atom stereocenters. The predicted octanol–water partition coefficient (Wildman–Crippen LogP) is 2.98. The first kappa shape index (κ1) is 17.6. The normalized spacial score (nSPS) is 15.1. The standard InChI is InChI=1S/C15H23N3O2.ClH/c1-5-10-6-13(17-7-12(10)16)11-8-18(9-11)14(19)20-15(2,3)4;/h6-7,11H,5,8-9,16H2,1-4H3;1H. The number of carbonyl (C=O) groups excluding carboxylic acids is 1. The third kappa shape index (κ3) is 4.24. The summed E-state index contributed by atoms with van der Waals surface area (Å²) in [6, 6.07) is 2.05. The number of hydrogen-bond donors (Lipinski definition) is 1. The summed E-state index contributed by atoms with van der Waals surface area (Å²) in [5.74, 6) is 0.286. The fourth-order valence-corrected chi connectivity index (χ4v) is 2.20. The molecule has 0 aromatic carbocycles. The molecule has 2 N–H and O–H groups in total. The second kappa shape index (κ2) is 6.52. The van der Waals surface area contributed by atoms with Crippen molar-refractivity contribution < 1.29 is 9.53 Å². The van der Waals surface area contributed by atoms with Gasteiger partial charge in [0.25, 0.3) is 0 Å². The monoisotopic (exact) mass is 313 g/mol. The molecule has 1 aromatic heterocycles. The largest absolute Gasteiger partial charge is 0.444 e. The lowest BCUT2D eigenvalue weighted by molar-refractivity contribution is 0.00787. The lowest BCUT2D eigenvalue weighted by Gasteiger charge is -2.39. The van der Waals surface area contributed by atoms with E-state index in [-0.39, 0.29) is 24.4 Å². The molecular formula is C15H24ClN3O2. The van der Waals surface area contributed by atoms with Crippen LogP contribution in [0, 0.1) is 0 Å². The van der Waals surface area contributed by atoms with E-state index in [0.29, 0.717) is 13.1 Å². The highest BCUT2D eigenvalue weighted by Gasteiger charge is 2.35. The number of carbonyl (C=O) groups is 1. The molecule has 0 unspecified atom stereocenters. The number of hydrogen-bond acceptors (Lipinski definition) is 4. The average molecular weight is 314 g/mol. The highest BCUT2D eigenvalue weighted by atomic mass is 35.5. The van der Waals surface area contributed by atoms with Gasteiger partial charge in [-0.1, -0.05) is 6.92 Å². The summed E-state index contributed by atoms with van der Waals surface area (Å²) < 4.78 is 5.34. The van der Waals surface area contributed by atoms with Gasteiger partial charge in [0, 0.05) is 24.7 Å². The Morgan fingerprint density at radius 3 is 2.62 bits per heavy atom. The molecule has 5 nitrogen and oxygen atoms in total. The maximum atomic E-state index is 11.9. The Morgan fingerprint density at radius 2 is 2.10 bits per heavy atom. The van der Waals surface area contributed by atoms with Crippen LogP contribution >= 0.6 is 12.4 Å². The number of ether oxygens (including phenoxy) is 1. The van der Waals surface area contributed by atoms with E-state index in [1.165, 1.54) is 0 Å². The lowest BCUT2D eigenvalue weighted by atomic mass is 9.94. The van der Waals surface area contributed by atoms with Crippen molar-refractivity contribution in [1.29, 1.82) is 0 Å². The summed E-state index contributed by atoms with van der Waals surface area (Å²) in [6.45, 7) is 9.01. The van der Waals surface area contributed by atoms with Gasteiger partial charge in [-0.3, -0.25) is 4.98 Å². The molecule has 1 aromatic rings. The van der Waals surface area contributed by atoms with E-state index < -0.39 is 5.60 Å². The van der Waals surface area contributed by atoms with Crippen LogP contribution in [-0.2, 0) is 11.2 Å². The van der Waals surface area contributed by atoms with Gasteiger partial charge in [0.15, 0.2) is 0 Å². The molecule has 1 fully saturated rings. The minimum absolute atomic E-state index is 0. The molecule has 2 heterocycles. The average Bonchev–Trinajstić information content (AvgIpc) is 2.26. The van der Waals surface area contributed by atoms with Crippen molar-refractivity contribution in [2.24, 2.45) is 0 Å². The van der Waals surface area contributed by atoms with Gasteiger partial charge in [0.1, 0.15) is 5.60 Å². The summed E-state index contributed by atoms with van der Waals surface area (Å²) >= 11 is 0. The van der Waals surface area contributed by atoms with Crippen LogP contribution in [0.25, 0.3) is 0 Å². The van der Waals surface area contributed by atoms with E-state index >= 15 is 0 Å². The Morgan fingerprint density at radius 1 is 1.48 bits per heavy atom. The van der Waals surface area contributed by atoms with Crippen LogP contribution in [-0.4, -0.2) is 34.7 Å². The summed E-state index contributed by atoms with van der Waals surface area (Å²) in [7, 11) is 0. The van der Waals surface area contributed by atoms with Crippen molar-refractivity contribution in [3.63, 3.8) is 0 Å². The van der Waals surface area contributed by atoms with Gasteiger partial charge < -0.3 is 15.4 Å². The smallest absolute Gasteiger partial charge is 0.410 e. The van der Waals surface area contributed by atoms with E-state index in [1.807, 2.05) is 26.8 Å². The van der Waals surface area contributed by atoms with Gasteiger partial charge in [-0.25, -0.2) is 4.79 Å². The van der Waals surface area contributed by atoms with Crippen LogP contribution in [0.3, 0.4) is 0 Å². The zero-order valence-electron chi connectivity index (χ0n) is 13.0. The number of nitrogen functional groups attached to an aromatic ring is 1. The topological polar surface area (TPSA) is 68.5 Å². The molecule has 6 heteroatoms. The minimum atomic E-state index is -0.447. The fraction of sp³-hybridized carbons (Fsp3) is 0.600. The Kier molecular flexibility index (Phi) is 5.45. The van der Waals surface area contributed by atoms with Gasteiger partial charge in [0.05, 0.1) is 11.9 Å². The SMILES string of the molecule is CCc1cc(C2CN(C(=O)OC(C)(C)C)C2)ncc1N.Cl. The van der Waals surface area contributed by atoms with Crippen molar-refractivity contribution >= 4 is 24.2 Å². The summed E-state index contributed by atoms with van der Waals surface area (Å²) in [6.07, 6.45) is 2.36. The second-order valence-corrected chi connectivity index (χ2v) is 6.24. The van der Waals surface area contributed by atoms with Crippen LogP contribution in [0.5, 0.6) is 0 Å². The van der Waals surface area contributed by atoms with Crippen LogP contribution in [0.4, 0.5) is 10.5 Å². The molecule has 1 saturated heterocycles. The molecule has 1 aliphatic rings. The Hall–Kier alpha value is -1.49. The molecule has 21 heavy (non-hydrogen) atoms. The Bertz CT molecular complexity index is 508. The number of pyridine rings is 1. The number of likely N-dealkylation sites (tertiary alicyclic amines) is 1. The van der Waals surface area contributed by atoms with Gasteiger partial charge >= 0.3 is 6.09 Å². The molecule has 118 valence electrons.